The zero-order chi connectivity index (χ0) is 20.1. The third-order valence-electron chi connectivity index (χ3n) is 4.30. The molecule has 2 aromatic carbocycles. The molecule has 0 saturated carbocycles. The molecule has 0 unspecified atom stereocenters. The van der Waals surface area contributed by atoms with Crippen molar-refractivity contribution in [1.82, 2.24) is 4.90 Å². The Morgan fingerprint density at radius 1 is 1.14 bits per heavy atom. The number of carbonyl (C=O) groups is 1. The molecule has 3 rings (SSSR count). The lowest BCUT2D eigenvalue weighted by Crippen LogP contribution is -2.26. The second kappa shape index (κ2) is 8.39. The number of rotatable bonds is 7. The van der Waals surface area contributed by atoms with Crippen LogP contribution in [0.1, 0.15) is 27.4 Å². The van der Waals surface area contributed by atoms with E-state index in [4.69, 9.17) is 4.42 Å². The summed E-state index contributed by atoms with van der Waals surface area (Å²) in [6, 6.07) is 17.7. The predicted molar refractivity (Wildman–Crippen MR) is 106 cm³/mol. The second-order valence-corrected chi connectivity index (χ2v) is 6.50. The van der Waals surface area contributed by atoms with Gasteiger partial charge in [-0.05, 0) is 36.8 Å². The van der Waals surface area contributed by atoms with Crippen molar-refractivity contribution < 1.29 is 14.1 Å². The van der Waals surface area contributed by atoms with Crippen molar-refractivity contribution in [3.8, 4) is 0 Å². The Balaban J connectivity index is 1.75. The lowest BCUT2D eigenvalue weighted by molar-refractivity contribution is -0.384. The number of aryl methyl sites for hydroxylation is 1. The molecule has 0 bridgehead atoms. The summed E-state index contributed by atoms with van der Waals surface area (Å²) in [5.74, 6) is 1.11. The molecule has 0 fully saturated rings. The summed E-state index contributed by atoms with van der Waals surface area (Å²) in [5, 5.41) is 14.6. The molecule has 1 heterocycles. The summed E-state index contributed by atoms with van der Waals surface area (Å²) in [5.41, 5.74) is 1.49. The number of furan rings is 1. The summed E-state index contributed by atoms with van der Waals surface area (Å²) < 4.78 is 5.48. The van der Waals surface area contributed by atoms with Crippen LogP contribution in [-0.2, 0) is 13.1 Å². The maximum Gasteiger partial charge on any atom is 0.293 e. The van der Waals surface area contributed by atoms with Gasteiger partial charge in [0.05, 0.1) is 11.5 Å². The fourth-order valence-corrected chi connectivity index (χ4v) is 2.85. The van der Waals surface area contributed by atoms with Crippen LogP contribution >= 0.6 is 0 Å². The quantitative estimate of drug-likeness (QED) is 0.486. The highest BCUT2D eigenvalue weighted by Gasteiger charge is 2.20. The van der Waals surface area contributed by atoms with Gasteiger partial charge in [-0.15, -0.1) is 0 Å². The fraction of sp³-hybridized carbons (Fsp3) is 0.190. The largest absolute Gasteiger partial charge is 0.464 e. The molecule has 7 heteroatoms. The van der Waals surface area contributed by atoms with Crippen molar-refractivity contribution in [3.63, 3.8) is 0 Å². The summed E-state index contributed by atoms with van der Waals surface area (Å²) in [7, 11) is 1.63. The van der Waals surface area contributed by atoms with Crippen LogP contribution in [0.5, 0.6) is 0 Å². The molecule has 0 aliphatic heterocycles. The van der Waals surface area contributed by atoms with E-state index < -0.39 is 4.92 Å². The standard InChI is InChI=1S/C21H21N3O4/c1-15-8-10-18(28-15)14-23(2)21(25)17-9-11-19(20(12-17)24(26)27)22-13-16-6-4-3-5-7-16/h3-12,22H,13-14H2,1-2H3. The highest BCUT2D eigenvalue weighted by atomic mass is 16.6. The van der Waals surface area contributed by atoms with Crippen molar-refractivity contribution in [2.24, 2.45) is 0 Å². The minimum Gasteiger partial charge on any atom is -0.464 e. The van der Waals surface area contributed by atoms with Gasteiger partial charge in [-0.2, -0.15) is 0 Å². The third-order valence-corrected chi connectivity index (χ3v) is 4.30. The molecule has 0 aliphatic carbocycles. The van der Waals surface area contributed by atoms with Crippen molar-refractivity contribution in [2.45, 2.75) is 20.0 Å². The van der Waals surface area contributed by atoms with Gasteiger partial charge < -0.3 is 14.6 Å². The molecule has 28 heavy (non-hydrogen) atoms. The monoisotopic (exact) mass is 379 g/mol. The molecule has 3 aromatic rings. The van der Waals surface area contributed by atoms with E-state index in [9.17, 15) is 14.9 Å². The molecule has 0 aliphatic rings. The Labute approximate surface area is 162 Å². The first-order valence-corrected chi connectivity index (χ1v) is 8.81. The summed E-state index contributed by atoms with van der Waals surface area (Å²) in [6.45, 7) is 2.57. The van der Waals surface area contributed by atoms with Crippen LogP contribution in [0.4, 0.5) is 11.4 Å². The lowest BCUT2D eigenvalue weighted by atomic mass is 10.1. The summed E-state index contributed by atoms with van der Waals surface area (Å²) >= 11 is 0. The van der Waals surface area contributed by atoms with E-state index in [1.165, 1.54) is 11.0 Å². The number of hydrogen-bond acceptors (Lipinski definition) is 5. The van der Waals surface area contributed by atoms with Gasteiger partial charge in [0.25, 0.3) is 11.6 Å². The van der Waals surface area contributed by atoms with Gasteiger partial charge in [0.15, 0.2) is 0 Å². The Morgan fingerprint density at radius 2 is 1.89 bits per heavy atom. The van der Waals surface area contributed by atoms with Gasteiger partial charge in [0.2, 0.25) is 0 Å². The van der Waals surface area contributed by atoms with Crippen molar-refractivity contribution in [3.05, 3.63) is 93.4 Å². The zero-order valence-electron chi connectivity index (χ0n) is 15.7. The zero-order valence-corrected chi connectivity index (χ0v) is 15.7. The molecule has 1 amide bonds. The topological polar surface area (TPSA) is 88.6 Å². The minimum atomic E-state index is -0.486. The number of nitrogens with zero attached hydrogens (tertiary/aromatic N) is 2. The number of nitro benzene ring substituents is 1. The van der Waals surface area contributed by atoms with E-state index in [1.807, 2.05) is 43.3 Å². The van der Waals surface area contributed by atoms with Crippen molar-refractivity contribution in [1.29, 1.82) is 0 Å². The molecular weight excluding hydrogens is 358 g/mol. The first-order chi connectivity index (χ1) is 13.4. The van der Waals surface area contributed by atoms with E-state index in [0.29, 0.717) is 18.0 Å². The summed E-state index contributed by atoms with van der Waals surface area (Å²) in [4.78, 5) is 25.1. The molecule has 0 atom stereocenters. The van der Waals surface area contributed by atoms with Crippen molar-refractivity contribution in [2.75, 3.05) is 12.4 Å². The van der Waals surface area contributed by atoms with Crippen LogP contribution in [-0.4, -0.2) is 22.8 Å². The van der Waals surface area contributed by atoms with E-state index in [0.717, 1.165) is 11.3 Å². The highest BCUT2D eigenvalue weighted by molar-refractivity contribution is 5.95. The smallest absolute Gasteiger partial charge is 0.293 e. The van der Waals surface area contributed by atoms with E-state index in [1.54, 1.807) is 25.2 Å². The van der Waals surface area contributed by atoms with Gasteiger partial charge >= 0.3 is 0 Å². The predicted octanol–water partition coefficient (Wildman–Crippen LogP) is 4.38. The van der Waals surface area contributed by atoms with Crippen LogP contribution in [0.2, 0.25) is 0 Å². The van der Waals surface area contributed by atoms with Crippen LogP contribution in [0.3, 0.4) is 0 Å². The maximum absolute atomic E-state index is 12.7. The van der Waals surface area contributed by atoms with Gasteiger partial charge in [-0.3, -0.25) is 14.9 Å². The van der Waals surface area contributed by atoms with E-state index in [2.05, 4.69) is 5.32 Å². The van der Waals surface area contributed by atoms with Crippen LogP contribution in [0.15, 0.2) is 65.1 Å². The second-order valence-electron chi connectivity index (χ2n) is 6.50. The average Bonchev–Trinajstić information content (AvgIpc) is 3.11. The van der Waals surface area contributed by atoms with Crippen molar-refractivity contribution >= 4 is 17.3 Å². The molecule has 1 N–H and O–H groups in total. The lowest BCUT2D eigenvalue weighted by Gasteiger charge is -2.16. The SMILES string of the molecule is Cc1ccc(CN(C)C(=O)c2ccc(NCc3ccccc3)c([N+](=O)[O-])c2)o1. The molecule has 0 radical (unpaired) electrons. The number of hydrogen-bond donors (Lipinski definition) is 1. The number of carbonyl (C=O) groups excluding carboxylic acids is 1. The Bertz CT molecular complexity index is 982. The normalized spacial score (nSPS) is 10.5. The Kier molecular flexibility index (Phi) is 5.74. The third kappa shape index (κ3) is 4.56. The average molecular weight is 379 g/mol. The molecule has 0 saturated heterocycles. The van der Waals surface area contributed by atoms with Gasteiger partial charge in [0, 0.05) is 25.2 Å². The van der Waals surface area contributed by atoms with Gasteiger partial charge in [-0.1, -0.05) is 30.3 Å². The Morgan fingerprint density at radius 3 is 2.54 bits per heavy atom. The van der Waals surface area contributed by atoms with E-state index >= 15 is 0 Å². The highest BCUT2D eigenvalue weighted by Crippen LogP contribution is 2.27. The minimum absolute atomic E-state index is 0.135. The van der Waals surface area contributed by atoms with Gasteiger partial charge in [-0.25, -0.2) is 0 Å². The maximum atomic E-state index is 12.7. The molecular formula is C21H21N3O4. The van der Waals surface area contributed by atoms with Gasteiger partial charge in [0.1, 0.15) is 17.2 Å². The number of benzene rings is 2. The number of anilines is 1. The molecule has 1 aromatic heterocycles. The van der Waals surface area contributed by atoms with E-state index in [-0.39, 0.29) is 23.7 Å². The Hall–Kier alpha value is -3.61. The number of nitrogens with one attached hydrogen (secondary N) is 1. The summed E-state index contributed by atoms with van der Waals surface area (Å²) in [6.07, 6.45) is 0. The molecule has 144 valence electrons. The van der Waals surface area contributed by atoms with Crippen LogP contribution in [0, 0.1) is 17.0 Å². The number of nitro groups is 1. The fourth-order valence-electron chi connectivity index (χ4n) is 2.85. The first kappa shape index (κ1) is 19.2. The molecule has 7 nitrogen and oxygen atoms in total. The first-order valence-electron chi connectivity index (χ1n) is 8.81. The molecule has 0 spiro atoms. The number of amides is 1. The van der Waals surface area contributed by atoms with Crippen LogP contribution < -0.4 is 5.32 Å². The van der Waals surface area contributed by atoms with Crippen LogP contribution in [0.25, 0.3) is 0 Å².